The molecule has 0 aliphatic heterocycles. The van der Waals surface area contributed by atoms with Gasteiger partial charge < -0.3 is 14.0 Å². The first-order valence-electron chi connectivity index (χ1n) is 9.53. The van der Waals surface area contributed by atoms with Crippen LogP contribution in [0.4, 0.5) is 0 Å². The van der Waals surface area contributed by atoms with Gasteiger partial charge in [0, 0.05) is 19.2 Å². The maximum atomic E-state index is 13.1. The number of amides is 1. The fourth-order valence-corrected chi connectivity index (χ4v) is 4.44. The van der Waals surface area contributed by atoms with Crippen molar-refractivity contribution in [2.45, 2.75) is 13.5 Å². The minimum absolute atomic E-state index is 0.246. The van der Waals surface area contributed by atoms with Gasteiger partial charge in [-0.1, -0.05) is 47.7 Å². The van der Waals surface area contributed by atoms with Gasteiger partial charge in [-0.2, -0.15) is 4.99 Å². The summed E-state index contributed by atoms with van der Waals surface area (Å²) in [5, 5.41) is 1.94. The number of rotatable bonds is 6. The Bertz CT molecular complexity index is 1230. The average Bonchev–Trinajstić information content (AvgIpc) is 3.08. The van der Waals surface area contributed by atoms with Crippen LogP contribution in [0, 0.1) is 0 Å². The third kappa shape index (κ3) is 3.95. The summed E-state index contributed by atoms with van der Waals surface area (Å²) in [7, 11) is 1.67. The SMILES string of the molecule is CCOc1ccc2c(c1)sc(=NC(=O)c1cccc3ccccc13)n2CCOC. The van der Waals surface area contributed by atoms with Crippen molar-refractivity contribution in [3.8, 4) is 5.75 Å². The van der Waals surface area contributed by atoms with Gasteiger partial charge in [0.2, 0.25) is 0 Å². The zero-order chi connectivity index (χ0) is 20.2. The van der Waals surface area contributed by atoms with Crippen LogP contribution in [0.3, 0.4) is 0 Å². The van der Waals surface area contributed by atoms with Crippen molar-refractivity contribution in [2.75, 3.05) is 20.3 Å². The van der Waals surface area contributed by atoms with E-state index in [9.17, 15) is 4.79 Å². The first-order chi connectivity index (χ1) is 14.2. The topological polar surface area (TPSA) is 52.8 Å². The van der Waals surface area contributed by atoms with Crippen LogP contribution >= 0.6 is 11.3 Å². The molecule has 1 aromatic heterocycles. The molecule has 0 atom stereocenters. The number of hydrogen-bond donors (Lipinski definition) is 0. The summed E-state index contributed by atoms with van der Waals surface area (Å²) in [6, 6.07) is 19.5. The number of carbonyl (C=O) groups excluding carboxylic acids is 1. The Morgan fingerprint density at radius 2 is 1.93 bits per heavy atom. The van der Waals surface area contributed by atoms with Crippen LogP contribution < -0.4 is 9.54 Å². The van der Waals surface area contributed by atoms with E-state index in [-0.39, 0.29) is 5.91 Å². The molecule has 29 heavy (non-hydrogen) atoms. The summed E-state index contributed by atoms with van der Waals surface area (Å²) in [6.45, 7) is 3.72. The summed E-state index contributed by atoms with van der Waals surface area (Å²) in [6.07, 6.45) is 0. The first kappa shape index (κ1) is 19.4. The van der Waals surface area contributed by atoms with E-state index in [1.54, 1.807) is 7.11 Å². The molecular formula is C23H22N2O3S. The Morgan fingerprint density at radius 1 is 1.10 bits per heavy atom. The number of hydrogen-bond acceptors (Lipinski definition) is 4. The number of carbonyl (C=O) groups is 1. The predicted octanol–water partition coefficient (Wildman–Crippen LogP) is 4.64. The molecular weight excluding hydrogens is 384 g/mol. The Morgan fingerprint density at radius 3 is 2.76 bits per heavy atom. The average molecular weight is 407 g/mol. The standard InChI is InChI=1S/C23H22N2O3S/c1-3-28-17-11-12-20-21(15-17)29-23(25(20)13-14-27-2)24-22(26)19-10-6-8-16-7-4-5-9-18(16)19/h4-12,15H,3,13-14H2,1-2H3. The second kappa shape index (κ2) is 8.59. The molecule has 0 saturated heterocycles. The predicted molar refractivity (Wildman–Crippen MR) is 117 cm³/mol. The first-order valence-corrected chi connectivity index (χ1v) is 10.3. The van der Waals surface area contributed by atoms with E-state index in [1.807, 2.05) is 72.2 Å². The second-order valence-electron chi connectivity index (χ2n) is 6.54. The molecule has 0 saturated carbocycles. The molecule has 1 heterocycles. The molecule has 0 unspecified atom stereocenters. The van der Waals surface area contributed by atoms with Gasteiger partial charge >= 0.3 is 0 Å². The lowest BCUT2D eigenvalue weighted by molar-refractivity contribution is 0.0999. The van der Waals surface area contributed by atoms with Crippen LogP contribution in [-0.2, 0) is 11.3 Å². The monoisotopic (exact) mass is 406 g/mol. The maximum Gasteiger partial charge on any atom is 0.280 e. The van der Waals surface area contributed by atoms with Gasteiger partial charge in [-0.3, -0.25) is 4.79 Å². The van der Waals surface area contributed by atoms with Gasteiger partial charge in [0.15, 0.2) is 4.80 Å². The highest BCUT2D eigenvalue weighted by atomic mass is 32.1. The third-order valence-electron chi connectivity index (χ3n) is 4.70. The van der Waals surface area contributed by atoms with E-state index in [0.717, 1.165) is 26.7 Å². The van der Waals surface area contributed by atoms with Gasteiger partial charge in [-0.25, -0.2) is 0 Å². The fraction of sp³-hybridized carbons (Fsp3) is 0.217. The number of fused-ring (bicyclic) bond motifs is 2. The summed E-state index contributed by atoms with van der Waals surface area (Å²) < 4.78 is 13.9. The quantitative estimate of drug-likeness (QED) is 0.469. The van der Waals surface area contributed by atoms with E-state index in [4.69, 9.17) is 9.47 Å². The molecule has 0 fully saturated rings. The summed E-state index contributed by atoms with van der Waals surface area (Å²) in [5.41, 5.74) is 1.62. The highest BCUT2D eigenvalue weighted by molar-refractivity contribution is 7.16. The van der Waals surface area contributed by atoms with E-state index in [2.05, 4.69) is 4.99 Å². The van der Waals surface area contributed by atoms with Crippen molar-refractivity contribution in [2.24, 2.45) is 4.99 Å². The fourth-order valence-electron chi connectivity index (χ4n) is 3.35. The molecule has 4 aromatic rings. The zero-order valence-electron chi connectivity index (χ0n) is 16.4. The van der Waals surface area contributed by atoms with Crippen molar-refractivity contribution in [3.05, 3.63) is 71.0 Å². The van der Waals surface area contributed by atoms with Crippen molar-refractivity contribution in [3.63, 3.8) is 0 Å². The van der Waals surface area contributed by atoms with Crippen molar-refractivity contribution >= 4 is 38.2 Å². The highest BCUT2D eigenvalue weighted by Crippen LogP contribution is 2.24. The summed E-state index contributed by atoms with van der Waals surface area (Å²) in [4.78, 5) is 18.2. The van der Waals surface area contributed by atoms with E-state index in [0.29, 0.717) is 30.1 Å². The molecule has 0 bridgehead atoms. The lowest BCUT2D eigenvalue weighted by Gasteiger charge is -2.06. The van der Waals surface area contributed by atoms with Crippen molar-refractivity contribution < 1.29 is 14.3 Å². The molecule has 0 aliphatic rings. The molecule has 0 spiro atoms. The highest BCUT2D eigenvalue weighted by Gasteiger charge is 2.12. The molecule has 3 aromatic carbocycles. The van der Waals surface area contributed by atoms with Gasteiger partial charge in [-0.15, -0.1) is 0 Å². The van der Waals surface area contributed by atoms with Gasteiger partial charge in [0.1, 0.15) is 5.75 Å². The molecule has 1 amide bonds. The zero-order valence-corrected chi connectivity index (χ0v) is 17.2. The second-order valence-corrected chi connectivity index (χ2v) is 7.54. The Hall–Kier alpha value is -2.96. The van der Waals surface area contributed by atoms with Crippen LogP contribution in [-0.4, -0.2) is 30.8 Å². The summed E-state index contributed by atoms with van der Waals surface area (Å²) >= 11 is 1.48. The summed E-state index contributed by atoms with van der Waals surface area (Å²) in [5.74, 6) is 0.566. The van der Waals surface area contributed by atoms with E-state index in [1.165, 1.54) is 11.3 Å². The van der Waals surface area contributed by atoms with Crippen LogP contribution in [0.25, 0.3) is 21.0 Å². The number of aromatic nitrogens is 1. The van der Waals surface area contributed by atoms with Crippen LogP contribution in [0.15, 0.2) is 65.7 Å². The normalized spacial score (nSPS) is 12.0. The van der Waals surface area contributed by atoms with Gasteiger partial charge in [0.05, 0.1) is 23.4 Å². The van der Waals surface area contributed by atoms with E-state index < -0.39 is 0 Å². The smallest absolute Gasteiger partial charge is 0.280 e. The number of ether oxygens (including phenoxy) is 2. The van der Waals surface area contributed by atoms with Gasteiger partial charge in [0.25, 0.3) is 5.91 Å². The Balaban J connectivity index is 1.84. The van der Waals surface area contributed by atoms with Crippen molar-refractivity contribution in [1.82, 2.24) is 4.57 Å². The van der Waals surface area contributed by atoms with Crippen LogP contribution in [0.1, 0.15) is 17.3 Å². The lowest BCUT2D eigenvalue weighted by atomic mass is 10.0. The number of benzene rings is 3. The van der Waals surface area contributed by atoms with Gasteiger partial charge in [-0.05, 0) is 42.0 Å². The van der Waals surface area contributed by atoms with E-state index >= 15 is 0 Å². The largest absolute Gasteiger partial charge is 0.494 e. The Labute approximate surface area is 172 Å². The van der Waals surface area contributed by atoms with Crippen molar-refractivity contribution in [1.29, 1.82) is 0 Å². The molecule has 4 rings (SSSR count). The minimum Gasteiger partial charge on any atom is -0.494 e. The third-order valence-corrected chi connectivity index (χ3v) is 5.74. The number of thiazole rings is 1. The molecule has 6 heteroatoms. The van der Waals surface area contributed by atoms with Crippen LogP contribution in [0.5, 0.6) is 5.75 Å². The minimum atomic E-state index is -0.246. The maximum absolute atomic E-state index is 13.1. The molecule has 148 valence electrons. The van der Waals surface area contributed by atoms with Crippen LogP contribution in [0.2, 0.25) is 0 Å². The molecule has 0 aliphatic carbocycles. The Kier molecular flexibility index (Phi) is 5.74. The molecule has 0 radical (unpaired) electrons. The lowest BCUT2D eigenvalue weighted by Crippen LogP contribution is -2.19. The number of nitrogens with zero attached hydrogens (tertiary/aromatic N) is 2. The molecule has 0 N–H and O–H groups in total. The number of methoxy groups -OCH3 is 1. The molecule has 5 nitrogen and oxygen atoms in total.